The van der Waals surface area contributed by atoms with Gasteiger partial charge in [-0.1, -0.05) is 13.3 Å². The fourth-order valence-corrected chi connectivity index (χ4v) is 1.43. The second kappa shape index (κ2) is 3.21. The third-order valence-corrected chi connectivity index (χ3v) is 2.38. The molecule has 1 heteroatoms. The number of rotatable bonds is 3. The van der Waals surface area contributed by atoms with Gasteiger partial charge in [-0.25, -0.2) is 0 Å². The SMILES string of the molecule is CCNC(C)C1CCC1. The summed E-state index contributed by atoms with van der Waals surface area (Å²) in [6.45, 7) is 5.60. The van der Waals surface area contributed by atoms with Gasteiger partial charge in [-0.05, 0) is 32.2 Å². The Kier molecular flexibility index (Phi) is 2.52. The zero-order chi connectivity index (χ0) is 6.69. The monoisotopic (exact) mass is 127 g/mol. The van der Waals surface area contributed by atoms with Crippen molar-refractivity contribution in [3.63, 3.8) is 0 Å². The molecular formula is C8H17N. The predicted octanol–water partition coefficient (Wildman–Crippen LogP) is 1.78. The van der Waals surface area contributed by atoms with Crippen molar-refractivity contribution in [1.82, 2.24) is 5.32 Å². The second-order valence-electron chi connectivity index (χ2n) is 3.04. The normalized spacial score (nSPS) is 23.3. The smallest absolute Gasteiger partial charge is 0.00668 e. The third-order valence-electron chi connectivity index (χ3n) is 2.38. The molecule has 0 saturated heterocycles. The highest BCUT2D eigenvalue weighted by Gasteiger charge is 2.22. The summed E-state index contributed by atoms with van der Waals surface area (Å²) in [6, 6.07) is 0.767. The van der Waals surface area contributed by atoms with Crippen LogP contribution in [0.2, 0.25) is 0 Å². The summed E-state index contributed by atoms with van der Waals surface area (Å²) in [4.78, 5) is 0. The largest absolute Gasteiger partial charge is 0.314 e. The van der Waals surface area contributed by atoms with Crippen LogP contribution in [0.3, 0.4) is 0 Å². The van der Waals surface area contributed by atoms with Gasteiger partial charge in [-0.15, -0.1) is 0 Å². The fraction of sp³-hybridized carbons (Fsp3) is 1.00. The van der Waals surface area contributed by atoms with Gasteiger partial charge in [0, 0.05) is 6.04 Å². The molecular weight excluding hydrogens is 110 g/mol. The predicted molar refractivity (Wildman–Crippen MR) is 40.5 cm³/mol. The summed E-state index contributed by atoms with van der Waals surface area (Å²) in [6.07, 6.45) is 4.36. The van der Waals surface area contributed by atoms with E-state index in [1.54, 1.807) is 0 Å². The number of hydrogen-bond acceptors (Lipinski definition) is 1. The van der Waals surface area contributed by atoms with Gasteiger partial charge in [-0.2, -0.15) is 0 Å². The van der Waals surface area contributed by atoms with Crippen LogP contribution in [-0.4, -0.2) is 12.6 Å². The van der Waals surface area contributed by atoms with Crippen LogP contribution in [0.4, 0.5) is 0 Å². The Bertz CT molecular complexity index is 76.6. The van der Waals surface area contributed by atoms with E-state index in [2.05, 4.69) is 19.2 Å². The molecule has 1 nitrogen and oxygen atoms in total. The van der Waals surface area contributed by atoms with Crippen LogP contribution in [0.25, 0.3) is 0 Å². The van der Waals surface area contributed by atoms with Crippen molar-refractivity contribution >= 4 is 0 Å². The minimum atomic E-state index is 0.767. The lowest BCUT2D eigenvalue weighted by molar-refractivity contribution is 0.243. The van der Waals surface area contributed by atoms with Gasteiger partial charge >= 0.3 is 0 Å². The van der Waals surface area contributed by atoms with Crippen molar-refractivity contribution in [2.45, 2.75) is 39.2 Å². The summed E-state index contributed by atoms with van der Waals surface area (Å²) >= 11 is 0. The van der Waals surface area contributed by atoms with Gasteiger partial charge in [0.15, 0.2) is 0 Å². The van der Waals surface area contributed by atoms with E-state index in [1.165, 1.54) is 19.3 Å². The first-order valence-corrected chi connectivity index (χ1v) is 4.08. The van der Waals surface area contributed by atoms with Crippen LogP contribution in [0.15, 0.2) is 0 Å². The fourth-order valence-electron chi connectivity index (χ4n) is 1.43. The van der Waals surface area contributed by atoms with E-state index in [9.17, 15) is 0 Å². The van der Waals surface area contributed by atoms with E-state index >= 15 is 0 Å². The van der Waals surface area contributed by atoms with Crippen molar-refractivity contribution in [2.24, 2.45) is 5.92 Å². The van der Waals surface area contributed by atoms with Crippen LogP contribution >= 0.6 is 0 Å². The molecule has 1 rings (SSSR count). The lowest BCUT2D eigenvalue weighted by Crippen LogP contribution is -2.36. The average Bonchev–Trinajstić information content (AvgIpc) is 1.60. The van der Waals surface area contributed by atoms with Gasteiger partial charge in [0.1, 0.15) is 0 Å². The van der Waals surface area contributed by atoms with E-state index in [1.807, 2.05) is 0 Å². The molecule has 0 bridgehead atoms. The first-order chi connectivity index (χ1) is 4.34. The lowest BCUT2D eigenvalue weighted by atomic mass is 9.80. The van der Waals surface area contributed by atoms with Crippen LogP contribution in [0.1, 0.15) is 33.1 Å². The van der Waals surface area contributed by atoms with E-state index in [0.29, 0.717) is 0 Å². The molecule has 0 heterocycles. The Morgan fingerprint density at radius 1 is 1.56 bits per heavy atom. The Hall–Kier alpha value is -0.0400. The van der Waals surface area contributed by atoms with Crippen LogP contribution in [0, 0.1) is 5.92 Å². The molecule has 1 aliphatic rings. The van der Waals surface area contributed by atoms with Crippen LogP contribution < -0.4 is 5.32 Å². The number of nitrogens with one attached hydrogen (secondary N) is 1. The highest BCUT2D eigenvalue weighted by atomic mass is 14.9. The summed E-state index contributed by atoms with van der Waals surface area (Å²) < 4.78 is 0. The third kappa shape index (κ3) is 1.68. The van der Waals surface area contributed by atoms with E-state index in [4.69, 9.17) is 0 Å². The molecule has 1 unspecified atom stereocenters. The quantitative estimate of drug-likeness (QED) is 0.609. The summed E-state index contributed by atoms with van der Waals surface area (Å²) in [5.74, 6) is 0.991. The molecule has 0 aromatic carbocycles. The Labute approximate surface area is 57.8 Å². The highest BCUT2D eigenvalue weighted by molar-refractivity contribution is 4.78. The van der Waals surface area contributed by atoms with Crippen molar-refractivity contribution in [3.8, 4) is 0 Å². The van der Waals surface area contributed by atoms with E-state index in [0.717, 1.165) is 18.5 Å². The zero-order valence-corrected chi connectivity index (χ0v) is 6.48. The Morgan fingerprint density at radius 3 is 2.56 bits per heavy atom. The molecule has 0 radical (unpaired) electrons. The van der Waals surface area contributed by atoms with Gasteiger partial charge < -0.3 is 5.32 Å². The molecule has 9 heavy (non-hydrogen) atoms. The van der Waals surface area contributed by atoms with Crippen LogP contribution in [-0.2, 0) is 0 Å². The molecule has 1 saturated carbocycles. The average molecular weight is 127 g/mol. The van der Waals surface area contributed by atoms with Gasteiger partial charge in [0.2, 0.25) is 0 Å². The van der Waals surface area contributed by atoms with Crippen LogP contribution in [0.5, 0.6) is 0 Å². The molecule has 0 aliphatic heterocycles. The first-order valence-electron chi connectivity index (χ1n) is 4.08. The molecule has 1 atom stereocenters. The highest BCUT2D eigenvalue weighted by Crippen LogP contribution is 2.28. The number of hydrogen-bond donors (Lipinski definition) is 1. The van der Waals surface area contributed by atoms with Crippen molar-refractivity contribution < 1.29 is 0 Å². The second-order valence-corrected chi connectivity index (χ2v) is 3.04. The molecule has 0 amide bonds. The Morgan fingerprint density at radius 2 is 2.22 bits per heavy atom. The van der Waals surface area contributed by atoms with Crippen molar-refractivity contribution in [3.05, 3.63) is 0 Å². The zero-order valence-electron chi connectivity index (χ0n) is 6.48. The van der Waals surface area contributed by atoms with Gasteiger partial charge in [0.05, 0.1) is 0 Å². The standard InChI is InChI=1S/C8H17N/c1-3-9-7(2)8-5-4-6-8/h7-9H,3-6H2,1-2H3. The maximum absolute atomic E-state index is 3.45. The van der Waals surface area contributed by atoms with E-state index < -0.39 is 0 Å². The topological polar surface area (TPSA) is 12.0 Å². The minimum absolute atomic E-state index is 0.767. The molecule has 0 spiro atoms. The minimum Gasteiger partial charge on any atom is -0.314 e. The van der Waals surface area contributed by atoms with Gasteiger partial charge in [0.25, 0.3) is 0 Å². The summed E-state index contributed by atoms with van der Waals surface area (Å²) in [5, 5.41) is 3.45. The lowest BCUT2D eigenvalue weighted by Gasteiger charge is -2.31. The maximum Gasteiger partial charge on any atom is 0.00668 e. The maximum atomic E-state index is 3.45. The van der Waals surface area contributed by atoms with Crippen molar-refractivity contribution in [2.75, 3.05) is 6.54 Å². The van der Waals surface area contributed by atoms with E-state index in [-0.39, 0.29) is 0 Å². The molecule has 0 aromatic heterocycles. The molecule has 1 N–H and O–H groups in total. The molecule has 1 fully saturated rings. The van der Waals surface area contributed by atoms with Crippen molar-refractivity contribution in [1.29, 1.82) is 0 Å². The first kappa shape index (κ1) is 7.07. The summed E-state index contributed by atoms with van der Waals surface area (Å²) in [7, 11) is 0. The Balaban J connectivity index is 2.08. The molecule has 0 aromatic rings. The summed E-state index contributed by atoms with van der Waals surface area (Å²) in [5.41, 5.74) is 0. The van der Waals surface area contributed by atoms with Gasteiger partial charge in [-0.3, -0.25) is 0 Å². The molecule has 54 valence electrons. The molecule has 1 aliphatic carbocycles.